The fourth-order valence-electron chi connectivity index (χ4n) is 2.78. The number of aryl methyl sites for hydroxylation is 1. The Labute approximate surface area is 157 Å². The van der Waals surface area contributed by atoms with Crippen molar-refractivity contribution in [2.75, 3.05) is 13.1 Å². The van der Waals surface area contributed by atoms with Gasteiger partial charge in [-0.2, -0.15) is 4.31 Å². The molecule has 1 aromatic carbocycles. The van der Waals surface area contributed by atoms with Crippen LogP contribution in [-0.2, 0) is 10.0 Å². The summed E-state index contributed by atoms with van der Waals surface area (Å²) in [6.45, 7) is 2.79. The highest BCUT2D eigenvalue weighted by molar-refractivity contribution is 7.89. The number of benzene rings is 1. The van der Waals surface area contributed by atoms with Gasteiger partial charge in [-0.25, -0.2) is 13.4 Å². The van der Waals surface area contributed by atoms with Crippen molar-refractivity contribution in [3.63, 3.8) is 0 Å². The van der Waals surface area contributed by atoms with E-state index in [1.165, 1.54) is 34.6 Å². The number of hydrogen-bond donors (Lipinski definition) is 2. The van der Waals surface area contributed by atoms with E-state index in [-0.39, 0.29) is 16.2 Å². The lowest BCUT2D eigenvalue weighted by atomic mass is 10.2. The first-order chi connectivity index (χ1) is 12.9. The fourth-order valence-corrected chi connectivity index (χ4v) is 4.29. The van der Waals surface area contributed by atoms with E-state index in [0.717, 1.165) is 12.8 Å². The molecule has 1 fully saturated rings. The van der Waals surface area contributed by atoms with Gasteiger partial charge in [0.1, 0.15) is 5.69 Å². The van der Waals surface area contributed by atoms with Crippen LogP contribution in [0.3, 0.4) is 0 Å². The maximum absolute atomic E-state index is 12.5. The van der Waals surface area contributed by atoms with Gasteiger partial charge in [0.05, 0.1) is 4.90 Å². The van der Waals surface area contributed by atoms with Crippen LogP contribution < -0.4 is 10.9 Å². The van der Waals surface area contributed by atoms with Gasteiger partial charge in [0.15, 0.2) is 0 Å². The molecule has 0 radical (unpaired) electrons. The highest BCUT2D eigenvalue weighted by Crippen LogP contribution is 2.21. The van der Waals surface area contributed by atoms with Gasteiger partial charge >= 0.3 is 0 Å². The maximum atomic E-state index is 12.5. The minimum Gasteiger partial charge on any atom is -0.267 e. The molecule has 2 heterocycles. The second-order valence-corrected chi connectivity index (χ2v) is 8.15. The monoisotopic (exact) mass is 388 g/mol. The number of hydrogen-bond acceptors (Lipinski definition) is 5. The molecule has 0 saturated carbocycles. The minimum absolute atomic E-state index is 0.147. The average Bonchev–Trinajstić information content (AvgIpc) is 3.21. The summed E-state index contributed by atoms with van der Waals surface area (Å²) in [4.78, 5) is 28.4. The van der Waals surface area contributed by atoms with Crippen molar-refractivity contribution >= 4 is 21.8 Å². The number of hydrazine groups is 1. The van der Waals surface area contributed by atoms with Crippen molar-refractivity contribution in [1.82, 2.24) is 20.1 Å². The lowest BCUT2D eigenvalue weighted by Gasteiger charge is -2.15. The van der Waals surface area contributed by atoms with Gasteiger partial charge in [-0.15, -0.1) is 0 Å². The van der Waals surface area contributed by atoms with Crippen LogP contribution in [0, 0.1) is 6.92 Å². The largest absolute Gasteiger partial charge is 0.288 e. The van der Waals surface area contributed by atoms with Gasteiger partial charge in [0.2, 0.25) is 10.0 Å². The third kappa shape index (κ3) is 4.32. The number of rotatable bonds is 4. The van der Waals surface area contributed by atoms with Crippen LogP contribution in [0.15, 0.2) is 47.4 Å². The van der Waals surface area contributed by atoms with E-state index < -0.39 is 21.8 Å². The Bertz CT molecular complexity index is 952. The molecule has 27 heavy (non-hydrogen) atoms. The molecule has 1 saturated heterocycles. The molecule has 1 aromatic heterocycles. The molecular formula is C18H20N4O4S. The third-order valence-electron chi connectivity index (χ3n) is 4.23. The zero-order valence-electron chi connectivity index (χ0n) is 14.8. The molecule has 0 unspecified atom stereocenters. The van der Waals surface area contributed by atoms with Crippen LogP contribution in [0.4, 0.5) is 0 Å². The summed E-state index contributed by atoms with van der Waals surface area (Å²) in [7, 11) is -3.52. The molecule has 0 aliphatic carbocycles. The standard InChI is InChI=1S/C18H20N4O4S/c1-13-5-4-6-16(19-13)18(24)21-20-17(23)14-7-9-15(10-8-14)27(25,26)22-11-2-3-12-22/h4-10H,2-3,11-12H2,1H3,(H,20,23)(H,21,24). The predicted molar refractivity (Wildman–Crippen MR) is 98.3 cm³/mol. The topological polar surface area (TPSA) is 108 Å². The summed E-state index contributed by atoms with van der Waals surface area (Å²) in [5.41, 5.74) is 5.67. The van der Waals surface area contributed by atoms with E-state index in [1.807, 2.05) is 0 Å². The zero-order valence-corrected chi connectivity index (χ0v) is 15.6. The van der Waals surface area contributed by atoms with E-state index >= 15 is 0 Å². The Morgan fingerprint density at radius 3 is 2.22 bits per heavy atom. The predicted octanol–water partition coefficient (Wildman–Crippen LogP) is 1.25. The van der Waals surface area contributed by atoms with Crippen molar-refractivity contribution in [3.8, 4) is 0 Å². The van der Waals surface area contributed by atoms with Crippen LogP contribution in [0.2, 0.25) is 0 Å². The first-order valence-corrected chi connectivity index (χ1v) is 9.96. The molecule has 3 rings (SSSR count). The Morgan fingerprint density at radius 1 is 0.963 bits per heavy atom. The molecule has 0 spiro atoms. The van der Waals surface area contributed by atoms with Gasteiger partial charge in [0.25, 0.3) is 11.8 Å². The summed E-state index contributed by atoms with van der Waals surface area (Å²) in [5, 5.41) is 0. The molecule has 142 valence electrons. The van der Waals surface area contributed by atoms with Crippen LogP contribution in [0.1, 0.15) is 39.4 Å². The zero-order chi connectivity index (χ0) is 19.4. The van der Waals surface area contributed by atoms with Gasteiger partial charge < -0.3 is 0 Å². The molecule has 1 aliphatic heterocycles. The Kier molecular flexibility index (Phi) is 5.52. The van der Waals surface area contributed by atoms with Crippen molar-refractivity contribution in [2.24, 2.45) is 0 Å². The first-order valence-electron chi connectivity index (χ1n) is 8.52. The second kappa shape index (κ2) is 7.85. The van der Waals surface area contributed by atoms with E-state index in [1.54, 1.807) is 19.1 Å². The van der Waals surface area contributed by atoms with Crippen molar-refractivity contribution in [3.05, 3.63) is 59.4 Å². The Balaban J connectivity index is 1.63. The van der Waals surface area contributed by atoms with Crippen LogP contribution >= 0.6 is 0 Å². The number of sulfonamides is 1. The number of nitrogens with zero attached hydrogens (tertiary/aromatic N) is 2. The molecule has 9 heteroatoms. The van der Waals surface area contributed by atoms with E-state index in [4.69, 9.17) is 0 Å². The van der Waals surface area contributed by atoms with E-state index in [2.05, 4.69) is 15.8 Å². The molecule has 1 aliphatic rings. The van der Waals surface area contributed by atoms with Gasteiger partial charge in [0, 0.05) is 24.3 Å². The summed E-state index contributed by atoms with van der Waals surface area (Å²) in [5.74, 6) is -1.10. The summed E-state index contributed by atoms with van der Waals surface area (Å²) in [6, 6.07) is 10.6. The Morgan fingerprint density at radius 2 is 1.59 bits per heavy atom. The number of pyridine rings is 1. The lowest BCUT2D eigenvalue weighted by Crippen LogP contribution is -2.42. The first kappa shape index (κ1) is 19.0. The second-order valence-electron chi connectivity index (χ2n) is 6.21. The summed E-state index contributed by atoms with van der Waals surface area (Å²) < 4.78 is 26.4. The summed E-state index contributed by atoms with van der Waals surface area (Å²) in [6.07, 6.45) is 1.71. The highest BCUT2D eigenvalue weighted by Gasteiger charge is 2.27. The molecular weight excluding hydrogens is 368 g/mol. The lowest BCUT2D eigenvalue weighted by molar-refractivity contribution is 0.0844. The molecule has 2 amide bonds. The van der Waals surface area contributed by atoms with Crippen LogP contribution in [0.5, 0.6) is 0 Å². The van der Waals surface area contributed by atoms with Crippen LogP contribution in [-0.4, -0.2) is 42.6 Å². The molecule has 2 N–H and O–H groups in total. The SMILES string of the molecule is Cc1cccc(C(=O)NNC(=O)c2ccc(S(=O)(=O)N3CCCC3)cc2)n1. The minimum atomic E-state index is -3.52. The smallest absolute Gasteiger partial charge is 0.267 e. The van der Waals surface area contributed by atoms with Crippen LogP contribution in [0.25, 0.3) is 0 Å². The summed E-state index contributed by atoms with van der Waals surface area (Å²) >= 11 is 0. The van der Waals surface area contributed by atoms with Gasteiger partial charge in [-0.1, -0.05) is 6.07 Å². The number of amides is 2. The average molecular weight is 388 g/mol. The van der Waals surface area contributed by atoms with Gasteiger partial charge in [-0.3, -0.25) is 20.4 Å². The number of aromatic nitrogens is 1. The molecule has 8 nitrogen and oxygen atoms in total. The van der Waals surface area contributed by atoms with E-state index in [0.29, 0.717) is 18.8 Å². The fraction of sp³-hybridized carbons (Fsp3) is 0.278. The third-order valence-corrected chi connectivity index (χ3v) is 6.14. The normalized spacial score (nSPS) is 14.7. The molecule has 2 aromatic rings. The van der Waals surface area contributed by atoms with E-state index in [9.17, 15) is 18.0 Å². The number of nitrogens with one attached hydrogen (secondary N) is 2. The quantitative estimate of drug-likeness (QED) is 0.767. The Hall–Kier alpha value is -2.78. The van der Waals surface area contributed by atoms with Crippen molar-refractivity contribution in [2.45, 2.75) is 24.7 Å². The van der Waals surface area contributed by atoms with Crippen molar-refractivity contribution in [1.29, 1.82) is 0 Å². The number of carbonyl (C=O) groups excluding carboxylic acids is 2. The van der Waals surface area contributed by atoms with Crippen molar-refractivity contribution < 1.29 is 18.0 Å². The highest BCUT2D eigenvalue weighted by atomic mass is 32.2. The number of carbonyl (C=O) groups is 2. The molecule has 0 atom stereocenters. The molecule has 0 bridgehead atoms. The van der Waals surface area contributed by atoms with Gasteiger partial charge in [-0.05, 0) is 56.2 Å². The maximum Gasteiger partial charge on any atom is 0.288 e.